The highest BCUT2D eigenvalue weighted by atomic mass is 32.1. The Labute approximate surface area is 162 Å². The van der Waals surface area contributed by atoms with Crippen LogP contribution in [-0.4, -0.2) is 17.4 Å². The van der Waals surface area contributed by atoms with Crippen molar-refractivity contribution >= 4 is 28.6 Å². The molecule has 0 atom stereocenters. The summed E-state index contributed by atoms with van der Waals surface area (Å²) in [6.07, 6.45) is 6.75. The van der Waals surface area contributed by atoms with E-state index in [0.717, 1.165) is 44.4 Å². The second-order valence-electron chi connectivity index (χ2n) is 6.90. The van der Waals surface area contributed by atoms with Crippen LogP contribution in [0.4, 0.5) is 0 Å². The molecule has 1 aliphatic carbocycles. The number of hydrogen-bond donors (Lipinski definition) is 0. The van der Waals surface area contributed by atoms with Gasteiger partial charge in [0.15, 0.2) is 0 Å². The summed E-state index contributed by atoms with van der Waals surface area (Å²) in [6, 6.07) is 12.3. The third kappa shape index (κ3) is 3.51. The predicted octanol–water partition coefficient (Wildman–Crippen LogP) is 5.49. The summed E-state index contributed by atoms with van der Waals surface area (Å²) in [6.45, 7) is 1.28. The van der Waals surface area contributed by atoms with Gasteiger partial charge in [0, 0.05) is 16.3 Å². The van der Waals surface area contributed by atoms with Crippen molar-refractivity contribution in [2.24, 2.45) is 0 Å². The third-order valence-corrected chi connectivity index (χ3v) is 7.29. The van der Waals surface area contributed by atoms with Gasteiger partial charge < -0.3 is 9.32 Å². The number of furan rings is 1. The van der Waals surface area contributed by atoms with E-state index < -0.39 is 0 Å². The van der Waals surface area contributed by atoms with Gasteiger partial charge in [-0.15, -0.1) is 22.7 Å². The van der Waals surface area contributed by atoms with Crippen LogP contribution in [0.25, 0.3) is 0 Å². The van der Waals surface area contributed by atoms with Crippen molar-refractivity contribution < 1.29 is 9.21 Å². The number of rotatable bonds is 7. The summed E-state index contributed by atoms with van der Waals surface area (Å²) in [5.74, 6) is 1.12. The van der Waals surface area contributed by atoms with Crippen molar-refractivity contribution in [1.82, 2.24) is 4.90 Å². The molecule has 0 bridgehead atoms. The number of hydrogen-bond acceptors (Lipinski definition) is 4. The number of amides is 1. The Morgan fingerprint density at radius 2 is 1.88 bits per heavy atom. The minimum absolute atomic E-state index is 0.269. The molecule has 1 aliphatic rings. The predicted molar refractivity (Wildman–Crippen MR) is 107 cm³/mol. The minimum Gasteiger partial charge on any atom is -0.467 e. The Morgan fingerprint density at radius 3 is 2.54 bits per heavy atom. The molecule has 0 spiro atoms. The quantitative estimate of drug-likeness (QED) is 0.539. The normalized spacial score (nSPS) is 16.0. The van der Waals surface area contributed by atoms with Crippen molar-refractivity contribution in [3.8, 4) is 0 Å². The average molecular weight is 386 g/mol. The number of nitrogens with zero attached hydrogens (tertiary/aromatic N) is 1. The van der Waals surface area contributed by atoms with Crippen molar-refractivity contribution in [2.45, 2.75) is 44.1 Å². The average Bonchev–Trinajstić information content (AvgIpc) is 3.45. The van der Waals surface area contributed by atoms with Crippen LogP contribution < -0.4 is 0 Å². The van der Waals surface area contributed by atoms with E-state index in [0.29, 0.717) is 6.54 Å². The van der Waals surface area contributed by atoms with E-state index in [-0.39, 0.29) is 11.3 Å². The fraction of sp³-hybridized carbons (Fsp3) is 0.381. The fourth-order valence-electron chi connectivity index (χ4n) is 3.94. The monoisotopic (exact) mass is 385 g/mol. The number of thiophene rings is 2. The smallest absolute Gasteiger partial charge is 0.234 e. The van der Waals surface area contributed by atoms with Crippen LogP contribution >= 0.6 is 22.7 Å². The third-order valence-electron chi connectivity index (χ3n) is 5.28. The molecule has 1 fully saturated rings. The molecule has 3 heterocycles. The van der Waals surface area contributed by atoms with Gasteiger partial charge in [-0.1, -0.05) is 25.0 Å². The SMILES string of the molecule is O=C(N(CCc1cccs1)Cc1ccco1)C1(c2cccs2)CCCC1. The second-order valence-corrected chi connectivity index (χ2v) is 8.88. The molecule has 1 amide bonds. The minimum atomic E-state index is -0.337. The summed E-state index contributed by atoms with van der Waals surface area (Å²) in [5.41, 5.74) is -0.337. The first-order chi connectivity index (χ1) is 12.8. The zero-order valence-electron chi connectivity index (χ0n) is 14.7. The lowest BCUT2D eigenvalue weighted by atomic mass is 9.82. The first kappa shape index (κ1) is 17.6. The highest BCUT2D eigenvalue weighted by Gasteiger charge is 2.45. The highest BCUT2D eigenvalue weighted by Crippen LogP contribution is 2.44. The van der Waals surface area contributed by atoms with E-state index >= 15 is 0 Å². The largest absolute Gasteiger partial charge is 0.467 e. The molecule has 0 radical (unpaired) electrons. The van der Waals surface area contributed by atoms with Crippen LogP contribution in [0.15, 0.2) is 57.8 Å². The van der Waals surface area contributed by atoms with Crippen molar-refractivity contribution in [3.63, 3.8) is 0 Å². The van der Waals surface area contributed by atoms with E-state index in [1.54, 1.807) is 28.9 Å². The second kappa shape index (κ2) is 7.80. The molecule has 3 nitrogen and oxygen atoms in total. The lowest BCUT2D eigenvalue weighted by molar-refractivity contribution is -0.138. The van der Waals surface area contributed by atoms with E-state index in [1.165, 1.54) is 9.75 Å². The molecule has 0 N–H and O–H groups in total. The van der Waals surface area contributed by atoms with Crippen molar-refractivity contribution in [2.75, 3.05) is 6.54 Å². The Bertz CT molecular complexity index is 800. The van der Waals surface area contributed by atoms with Crippen LogP contribution in [0.5, 0.6) is 0 Å². The van der Waals surface area contributed by atoms with E-state index in [1.807, 2.05) is 17.0 Å². The Morgan fingerprint density at radius 1 is 1.08 bits per heavy atom. The Balaban J connectivity index is 1.59. The maximum Gasteiger partial charge on any atom is 0.234 e. The molecule has 5 heteroatoms. The Hall–Kier alpha value is -1.85. The molecule has 26 heavy (non-hydrogen) atoms. The van der Waals surface area contributed by atoms with Crippen LogP contribution in [0.2, 0.25) is 0 Å². The summed E-state index contributed by atoms with van der Waals surface area (Å²) in [5, 5.41) is 4.18. The molecule has 0 unspecified atom stereocenters. The van der Waals surface area contributed by atoms with Gasteiger partial charge in [0.25, 0.3) is 0 Å². The zero-order chi connectivity index (χ0) is 17.8. The molecule has 3 aromatic heterocycles. The summed E-state index contributed by atoms with van der Waals surface area (Å²) >= 11 is 3.47. The van der Waals surface area contributed by atoms with Gasteiger partial charge in [0.05, 0.1) is 18.2 Å². The molecule has 4 rings (SSSR count). The van der Waals surface area contributed by atoms with Gasteiger partial charge in [-0.25, -0.2) is 0 Å². The molecule has 0 aliphatic heterocycles. The van der Waals surface area contributed by atoms with E-state index in [2.05, 4.69) is 35.0 Å². The van der Waals surface area contributed by atoms with Crippen molar-refractivity contribution in [3.05, 3.63) is 68.9 Å². The molecule has 0 saturated heterocycles. The lowest BCUT2D eigenvalue weighted by Gasteiger charge is -2.33. The zero-order valence-corrected chi connectivity index (χ0v) is 16.4. The maximum absolute atomic E-state index is 13.7. The van der Waals surface area contributed by atoms with Crippen LogP contribution in [0.3, 0.4) is 0 Å². The standard InChI is InChI=1S/C21H23NO2S2/c23-20(21(10-1-2-11-21)19-8-5-15-26-19)22(16-17-6-3-13-24-17)12-9-18-7-4-14-25-18/h3-8,13-15H,1-2,9-12,16H2. The molecule has 0 aromatic carbocycles. The van der Waals surface area contributed by atoms with Gasteiger partial charge >= 0.3 is 0 Å². The molecular weight excluding hydrogens is 362 g/mol. The van der Waals surface area contributed by atoms with Gasteiger partial charge in [-0.05, 0) is 54.3 Å². The molecule has 136 valence electrons. The number of carbonyl (C=O) groups excluding carboxylic acids is 1. The molecular formula is C21H23NO2S2. The van der Waals surface area contributed by atoms with Crippen LogP contribution in [0.1, 0.15) is 41.2 Å². The first-order valence-corrected chi connectivity index (χ1v) is 10.9. The van der Waals surface area contributed by atoms with E-state index in [4.69, 9.17) is 4.42 Å². The van der Waals surface area contributed by atoms with Crippen LogP contribution in [-0.2, 0) is 23.2 Å². The summed E-state index contributed by atoms with van der Waals surface area (Å²) in [4.78, 5) is 18.3. The first-order valence-electron chi connectivity index (χ1n) is 9.16. The van der Waals surface area contributed by atoms with Crippen LogP contribution in [0, 0.1) is 0 Å². The maximum atomic E-state index is 13.7. The molecule has 1 saturated carbocycles. The van der Waals surface area contributed by atoms with Gasteiger partial charge in [-0.3, -0.25) is 4.79 Å². The number of carbonyl (C=O) groups is 1. The summed E-state index contributed by atoms with van der Waals surface area (Å²) in [7, 11) is 0. The fourth-order valence-corrected chi connectivity index (χ4v) is 5.62. The Kier molecular flexibility index (Phi) is 5.27. The van der Waals surface area contributed by atoms with Crippen molar-refractivity contribution in [1.29, 1.82) is 0 Å². The van der Waals surface area contributed by atoms with Gasteiger partial charge in [0.1, 0.15) is 5.76 Å². The topological polar surface area (TPSA) is 33.5 Å². The summed E-state index contributed by atoms with van der Waals surface area (Å²) < 4.78 is 5.55. The molecule has 3 aromatic rings. The van der Waals surface area contributed by atoms with Gasteiger partial charge in [-0.2, -0.15) is 0 Å². The van der Waals surface area contributed by atoms with E-state index in [9.17, 15) is 4.79 Å². The highest BCUT2D eigenvalue weighted by molar-refractivity contribution is 7.10. The van der Waals surface area contributed by atoms with Gasteiger partial charge in [0.2, 0.25) is 5.91 Å². The lowest BCUT2D eigenvalue weighted by Crippen LogP contribution is -2.45.